The van der Waals surface area contributed by atoms with E-state index >= 15 is 0 Å². The number of nitrogens with one attached hydrogen (secondary N) is 1. The number of amides is 1. The zero-order valence-corrected chi connectivity index (χ0v) is 14.6. The Hall–Kier alpha value is -1.56. The first-order valence-corrected chi connectivity index (χ1v) is 7.62. The Morgan fingerprint density at radius 3 is 2.59 bits per heavy atom. The normalized spacial score (nSPS) is 9.95. The quantitative estimate of drug-likeness (QED) is 0.878. The van der Waals surface area contributed by atoms with E-state index in [4.69, 9.17) is 4.74 Å². The molecule has 4 nitrogen and oxygen atoms in total. The molecule has 0 aliphatic carbocycles. The van der Waals surface area contributed by atoms with Crippen LogP contribution in [0.5, 0.6) is 5.75 Å². The maximum Gasteiger partial charge on any atom is 0.267 e. The summed E-state index contributed by atoms with van der Waals surface area (Å²) in [6.07, 6.45) is 0. The number of halogens is 1. The van der Waals surface area contributed by atoms with Crippen LogP contribution >= 0.6 is 23.7 Å². The summed E-state index contributed by atoms with van der Waals surface area (Å²) in [5.41, 5.74) is 1.10. The Kier molecular flexibility index (Phi) is 7.38. The Balaban J connectivity index is 0.00000242. The molecule has 6 heteroatoms. The molecular formula is C16H21ClN2O2S. The fourth-order valence-corrected chi connectivity index (χ4v) is 3.10. The van der Waals surface area contributed by atoms with Crippen molar-refractivity contribution in [2.24, 2.45) is 0 Å². The Bertz CT molecular complexity index is 601. The van der Waals surface area contributed by atoms with Crippen LogP contribution in [-0.4, -0.2) is 45.1 Å². The number of nitrogens with zero attached hydrogens (tertiary/aromatic N) is 1. The predicted molar refractivity (Wildman–Crippen MR) is 94.4 cm³/mol. The smallest absolute Gasteiger partial charge is 0.267 e. The van der Waals surface area contributed by atoms with E-state index in [0.29, 0.717) is 17.2 Å². The highest BCUT2D eigenvalue weighted by Gasteiger charge is 2.20. The Labute approximate surface area is 141 Å². The number of thiophene rings is 1. The minimum absolute atomic E-state index is 0. The van der Waals surface area contributed by atoms with Crippen molar-refractivity contribution in [3.05, 3.63) is 41.3 Å². The van der Waals surface area contributed by atoms with Crippen molar-refractivity contribution >= 4 is 29.7 Å². The summed E-state index contributed by atoms with van der Waals surface area (Å²) < 4.78 is 5.37. The van der Waals surface area contributed by atoms with Crippen molar-refractivity contribution < 1.29 is 9.53 Å². The Morgan fingerprint density at radius 2 is 2.00 bits per heavy atom. The van der Waals surface area contributed by atoms with Gasteiger partial charge in [0.1, 0.15) is 10.6 Å². The fraction of sp³-hybridized carbons (Fsp3) is 0.312. The number of hydrogen-bond donors (Lipinski definition) is 1. The number of ether oxygens (including phenoxy) is 1. The summed E-state index contributed by atoms with van der Waals surface area (Å²) in [5, 5.41) is 3.04. The van der Waals surface area contributed by atoms with Gasteiger partial charge in [-0.1, -0.05) is 30.3 Å². The van der Waals surface area contributed by atoms with Crippen molar-refractivity contribution in [3.63, 3.8) is 0 Å². The molecule has 0 saturated carbocycles. The third-order valence-electron chi connectivity index (χ3n) is 3.21. The summed E-state index contributed by atoms with van der Waals surface area (Å²) in [7, 11) is 5.28. The van der Waals surface area contributed by atoms with Crippen LogP contribution < -0.4 is 10.1 Å². The van der Waals surface area contributed by atoms with Crippen LogP contribution in [0.15, 0.2) is 36.4 Å². The van der Waals surface area contributed by atoms with Gasteiger partial charge in [0.15, 0.2) is 0 Å². The van der Waals surface area contributed by atoms with Crippen LogP contribution in [-0.2, 0) is 0 Å². The fourth-order valence-electron chi connectivity index (χ4n) is 1.97. The summed E-state index contributed by atoms with van der Waals surface area (Å²) in [4.78, 5) is 15.9. The summed E-state index contributed by atoms with van der Waals surface area (Å²) >= 11 is 1.47. The molecule has 0 spiro atoms. The largest absolute Gasteiger partial charge is 0.495 e. The zero-order chi connectivity index (χ0) is 15.2. The molecule has 2 aromatic rings. The van der Waals surface area contributed by atoms with Crippen LogP contribution in [0.3, 0.4) is 0 Å². The second kappa shape index (κ2) is 8.78. The minimum Gasteiger partial charge on any atom is -0.495 e. The number of carbonyl (C=O) groups is 1. The highest BCUT2D eigenvalue weighted by molar-refractivity contribution is 7.17. The van der Waals surface area contributed by atoms with Gasteiger partial charge in [-0.3, -0.25) is 4.79 Å². The van der Waals surface area contributed by atoms with Crippen LogP contribution in [0.25, 0.3) is 10.4 Å². The summed E-state index contributed by atoms with van der Waals surface area (Å²) in [6.45, 7) is 1.43. The van der Waals surface area contributed by atoms with Crippen LogP contribution in [0.2, 0.25) is 0 Å². The topological polar surface area (TPSA) is 41.6 Å². The average molecular weight is 341 g/mol. The molecule has 0 bridgehead atoms. The SMILES string of the molecule is CNCCN(C)C(=O)c1sc(-c2ccccc2)cc1OC.Cl. The van der Waals surface area contributed by atoms with Gasteiger partial charge in [0.05, 0.1) is 7.11 Å². The highest BCUT2D eigenvalue weighted by Crippen LogP contribution is 2.36. The molecule has 2 rings (SSSR count). The lowest BCUT2D eigenvalue weighted by Gasteiger charge is -2.16. The third-order valence-corrected chi connectivity index (χ3v) is 4.37. The lowest BCUT2D eigenvalue weighted by Crippen LogP contribution is -2.32. The van der Waals surface area contributed by atoms with Crippen LogP contribution in [0.4, 0.5) is 0 Å². The first kappa shape index (κ1) is 18.5. The van der Waals surface area contributed by atoms with E-state index in [1.807, 2.05) is 43.4 Å². The molecular weight excluding hydrogens is 320 g/mol. The molecule has 0 aliphatic heterocycles. The van der Waals surface area contributed by atoms with Crippen molar-refractivity contribution in [3.8, 4) is 16.2 Å². The molecule has 0 radical (unpaired) electrons. The molecule has 120 valence electrons. The maximum absolute atomic E-state index is 12.5. The molecule has 0 saturated heterocycles. The molecule has 1 N–H and O–H groups in total. The van der Waals surface area contributed by atoms with E-state index in [1.165, 1.54) is 11.3 Å². The predicted octanol–water partition coefficient (Wildman–Crippen LogP) is 3.14. The van der Waals surface area contributed by atoms with Crippen molar-refractivity contribution in [2.45, 2.75) is 0 Å². The van der Waals surface area contributed by atoms with Gasteiger partial charge < -0.3 is 15.0 Å². The van der Waals surface area contributed by atoms with Gasteiger partial charge in [-0.05, 0) is 18.7 Å². The molecule has 1 heterocycles. The molecule has 0 unspecified atom stereocenters. The van der Waals surface area contributed by atoms with Gasteiger partial charge in [-0.2, -0.15) is 0 Å². The van der Waals surface area contributed by atoms with E-state index in [0.717, 1.165) is 17.0 Å². The van der Waals surface area contributed by atoms with E-state index in [1.54, 1.807) is 19.1 Å². The van der Waals surface area contributed by atoms with E-state index < -0.39 is 0 Å². The zero-order valence-electron chi connectivity index (χ0n) is 13.0. The van der Waals surface area contributed by atoms with Gasteiger partial charge in [-0.15, -0.1) is 23.7 Å². The monoisotopic (exact) mass is 340 g/mol. The lowest BCUT2D eigenvalue weighted by molar-refractivity contribution is 0.0798. The second-order valence-corrected chi connectivity index (χ2v) is 5.76. The van der Waals surface area contributed by atoms with Crippen LogP contribution in [0, 0.1) is 0 Å². The van der Waals surface area contributed by atoms with Gasteiger partial charge in [0, 0.05) is 25.0 Å². The van der Waals surface area contributed by atoms with Crippen LogP contribution in [0.1, 0.15) is 9.67 Å². The number of likely N-dealkylation sites (N-methyl/N-ethyl adjacent to an activating group) is 2. The van der Waals surface area contributed by atoms with E-state index in [2.05, 4.69) is 5.32 Å². The molecule has 1 amide bonds. The molecule has 22 heavy (non-hydrogen) atoms. The summed E-state index contributed by atoms with van der Waals surface area (Å²) in [5.74, 6) is 0.634. The summed E-state index contributed by atoms with van der Waals surface area (Å²) in [6, 6.07) is 11.9. The minimum atomic E-state index is -0.00530. The maximum atomic E-state index is 12.5. The molecule has 1 aromatic heterocycles. The van der Waals surface area contributed by atoms with E-state index in [-0.39, 0.29) is 18.3 Å². The number of rotatable bonds is 6. The molecule has 0 fully saturated rings. The first-order chi connectivity index (χ1) is 10.2. The molecule has 0 aliphatic rings. The average Bonchev–Trinajstić information content (AvgIpc) is 2.97. The molecule has 1 aromatic carbocycles. The Morgan fingerprint density at radius 1 is 1.32 bits per heavy atom. The first-order valence-electron chi connectivity index (χ1n) is 6.80. The van der Waals surface area contributed by atoms with Crippen molar-refractivity contribution in [2.75, 3.05) is 34.3 Å². The second-order valence-electron chi connectivity index (χ2n) is 4.70. The van der Waals surface area contributed by atoms with Gasteiger partial charge in [0.25, 0.3) is 5.91 Å². The number of benzene rings is 1. The number of hydrogen-bond acceptors (Lipinski definition) is 4. The van der Waals surface area contributed by atoms with Crippen molar-refractivity contribution in [1.29, 1.82) is 0 Å². The third kappa shape index (κ3) is 4.22. The number of carbonyl (C=O) groups excluding carboxylic acids is 1. The van der Waals surface area contributed by atoms with Gasteiger partial charge in [0.2, 0.25) is 0 Å². The standard InChI is InChI=1S/C16H20N2O2S.ClH/c1-17-9-10-18(2)16(19)15-13(20-3)11-14(21-15)12-7-5-4-6-8-12;/h4-8,11,17H,9-10H2,1-3H3;1H. The van der Waals surface area contributed by atoms with E-state index in [9.17, 15) is 4.79 Å². The lowest BCUT2D eigenvalue weighted by atomic mass is 10.2. The highest BCUT2D eigenvalue weighted by atomic mass is 35.5. The number of methoxy groups -OCH3 is 1. The van der Waals surface area contributed by atoms with Crippen molar-refractivity contribution in [1.82, 2.24) is 10.2 Å². The van der Waals surface area contributed by atoms with Gasteiger partial charge >= 0.3 is 0 Å². The van der Waals surface area contributed by atoms with Gasteiger partial charge in [-0.25, -0.2) is 0 Å². The molecule has 0 atom stereocenters.